The van der Waals surface area contributed by atoms with E-state index in [-0.39, 0.29) is 18.4 Å². The van der Waals surface area contributed by atoms with Gasteiger partial charge in [-0.15, -0.1) is 12.4 Å². The minimum Gasteiger partial charge on any atom is -0.350 e. The van der Waals surface area contributed by atoms with E-state index in [1.807, 2.05) is 0 Å². The number of anilines is 1. The predicted octanol–water partition coefficient (Wildman–Crippen LogP) is 5.19. The Labute approximate surface area is 165 Å². The number of halogens is 2. The lowest BCUT2D eigenvalue weighted by Gasteiger charge is -2.30. The summed E-state index contributed by atoms with van der Waals surface area (Å²) < 4.78 is 16.8. The Hall–Kier alpha value is -2.07. The third-order valence-electron chi connectivity index (χ3n) is 6.13. The van der Waals surface area contributed by atoms with Crippen LogP contribution in [0.2, 0.25) is 0 Å². The van der Waals surface area contributed by atoms with Gasteiger partial charge < -0.3 is 9.47 Å². The van der Waals surface area contributed by atoms with E-state index in [9.17, 15) is 4.39 Å². The maximum atomic E-state index is 14.4. The van der Waals surface area contributed by atoms with Gasteiger partial charge in [0.1, 0.15) is 0 Å². The molecule has 142 valence electrons. The number of rotatable bonds is 3. The Morgan fingerprint density at radius 3 is 2.63 bits per heavy atom. The van der Waals surface area contributed by atoms with Crippen LogP contribution in [0, 0.1) is 25.7 Å². The van der Waals surface area contributed by atoms with Crippen LogP contribution in [0.25, 0.3) is 10.9 Å². The minimum atomic E-state index is -0.377. The normalized spacial score (nSPS) is 16.3. The molecule has 5 rings (SSSR count). The van der Waals surface area contributed by atoms with Crippen LogP contribution in [0.1, 0.15) is 35.2 Å². The van der Waals surface area contributed by atoms with E-state index >= 15 is 0 Å². The molecule has 3 aromatic rings. The summed E-state index contributed by atoms with van der Waals surface area (Å²) in [6.07, 6.45) is 3.59. The quantitative estimate of drug-likeness (QED) is 0.579. The highest BCUT2D eigenvalue weighted by molar-refractivity contribution is 5.93. The van der Waals surface area contributed by atoms with Crippen molar-refractivity contribution in [1.29, 1.82) is 0 Å². The molecule has 1 aliphatic heterocycles. The Morgan fingerprint density at radius 2 is 1.89 bits per heavy atom. The van der Waals surface area contributed by atoms with Crippen LogP contribution < -0.4 is 4.90 Å². The van der Waals surface area contributed by atoms with Crippen molar-refractivity contribution in [3.05, 3.63) is 58.7 Å². The minimum absolute atomic E-state index is 0. The smallest absolute Gasteiger partial charge is 0.215 e. The maximum Gasteiger partial charge on any atom is 0.215 e. The van der Waals surface area contributed by atoms with Crippen LogP contribution in [0.5, 0.6) is 0 Å². The van der Waals surface area contributed by atoms with Gasteiger partial charge in [-0.2, -0.15) is 4.39 Å². The molecule has 5 heteroatoms. The summed E-state index contributed by atoms with van der Waals surface area (Å²) in [6.45, 7) is 6.98. The predicted molar refractivity (Wildman–Crippen MR) is 110 cm³/mol. The van der Waals surface area contributed by atoms with Gasteiger partial charge in [0.05, 0.1) is 5.52 Å². The fourth-order valence-corrected chi connectivity index (χ4v) is 4.30. The number of aromatic nitrogens is 2. The summed E-state index contributed by atoms with van der Waals surface area (Å²) in [4.78, 5) is 6.64. The van der Waals surface area contributed by atoms with Crippen molar-refractivity contribution in [3.63, 3.8) is 0 Å². The fourth-order valence-electron chi connectivity index (χ4n) is 4.30. The molecule has 0 radical (unpaired) electrons. The van der Waals surface area contributed by atoms with Crippen molar-refractivity contribution >= 4 is 29.1 Å². The summed E-state index contributed by atoms with van der Waals surface area (Å²) in [5, 5.41) is 1.02. The number of hydrogen-bond acceptors (Lipinski definition) is 2. The van der Waals surface area contributed by atoms with Crippen LogP contribution in [0.3, 0.4) is 0 Å². The molecule has 0 unspecified atom stereocenters. The van der Waals surface area contributed by atoms with E-state index in [1.165, 1.54) is 35.2 Å². The zero-order chi connectivity index (χ0) is 17.8. The number of fused-ring (bicyclic) bond motifs is 2. The topological polar surface area (TPSA) is 21.1 Å². The number of pyridine rings is 1. The van der Waals surface area contributed by atoms with Gasteiger partial charge in [-0.25, -0.2) is 4.98 Å². The van der Waals surface area contributed by atoms with Crippen molar-refractivity contribution in [2.24, 2.45) is 5.92 Å². The van der Waals surface area contributed by atoms with E-state index in [0.717, 1.165) is 48.7 Å². The monoisotopic (exact) mass is 385 g/mol. The van der Waals surface area contributed by atoms with Crippen molar-refractivity contribution < 1.29 is 4.39 Å². The molecular formula is C22H25ClFN3. The second-order valence-corrected chi connectivity index (χ2v) is 7.87. The molecule has 1 aliphatic carbocycles. The van der Waals surface area contributed by atoms with Crippen LogP contribution in [-0.4, -0.2) is 16.1 Å². The third-order valence-corrected chi connectivity index (χ3v) is 6.13. The standard InChI is InChI=1S/C22H24FN3.ClH/c1-14-15(2)26(12-16-7-8-16)21-19(14)11-20(23)24-22(21)25-10-9-17-5-3-4-6-18(17)13-25;/h3-6,11,16H,7-10,12-13H2,1-2H3;1H. The lowest BCUT2D eigenvalue weighted by atomic mass is 10.00. The Kier molecular flexibility index (Phi) is 4.63. The highest BCUT2D eigenvalue weighted by atomic mass is 35.5. The van der Waals surface area contributed by atoms with Crippen molar-refractivity contribution in [1.82, 2.24) is 9.55 Å². The van der Waals surface area contributed by atoms with Gasteiger partial charge in [0.2, 0.25) is 5.95 Å². The van der Waals surface area contributed by atoms with Gasteiger partial charge in [-0.3, -0.25) is 0 Å². The molecule has 0 amide bonds. The largest absolute Gasteiger partial charge is 0.350 e. The van der Waals surface area contributed by atoms with E-state index < -0.39 is 0 Å². The van der Waals surface area contributed by atoms with Gasteiger partial charge in [0, 0.05) is 36.8 Å². The Morgan fingerprint density at radius 1 is 1.15 bits per heavy atom. The van der Waals surface area contributed by atoms with E-state index in [0.29, 0.717) is 0 Å². The van der Waals surface area contributed by atoms with Crippen molar-refractivity contribution in [2.45, 2.75) is 46.2 Å². The van der Waals surface area contributed by atoms with Gasteiger partial charge in [0.15, 0.2) is 5.82 Å². The molecule has 0 saturated heterocycles. The summed E-state index contributed by atoms with van der Waals surface area (Å²) in [6, 6.07) is 10.2. The summed E-state index contributed by atoms with van der Waals surface area (Å²) in [5.74, 6) is 1.20. The summed E-state index contributed by atoms with van der Waals surface area (Å²) in [7, 11) is 0. The lowest BCUT2D eigenvalue weighted by Crippen LogP contribution is -2.31. The number of benzene rings is 1. The van der Waals surface area contributed by atoms with E-state index in [2.05, 4.69) is 52.6 Å². The molecule has 3 nitrogen and oxygen atoms in total. The number of nitrogens with zero attached hydrogens (tertiary/aromatic N) is 3. The molecule has 0 N–H and O–H groups in total. The van der Waals surface area contributed by atoms with E-state index in [1.54, 1.807) is 6.07 Å². The molecule has 2 aliphatic rings. The Bertz CT molecular complexity index is 1010. The molecule has 0 bridgehead atoms. The van der Waals surface area contributed by atoms with Crippen LogP contribution >= 0.6 is 12.4 Å². The first-order chi connectivity index (χ1) is 12.6. The zero-order valence-corrected chi connectivity index (χ0v) is 16.7. The molecule has 1 aromatic carbocycles. The number of hydrogen-bond donors (Lipinski definition) is 0. The highest BCUT2D eigenvalue weighted by Crippen LogP contribution is 2.38. The molecule has 27 heavy (non-hydrogen) atoms. The van der Waals surface area contributed by atoms with Gasteiger partial charge >= 0.3 is 0 Å². The zero-order valence-electron chi connectivity index (χ0n) is 15.8. The fraction of sp³-hybridized carbons (Fsp3) is 0.409. The molecule has 2 aromatic heterocycles. The Balaban J connectivity index is 0.00000180. The van der Waals surface area contributed by atoms with Gasteiger partial charge in [-0.1, -0.05) is 24.3 Å². The lowest BCUT2D eigenvalue weighted by molar-refractivity contribution is 0.579. The molecule has 1 saturated carbocycles. The van der Waals surface area contributed by atoms with Crippen LogP contribution in [0.4, 0.5) is 10.2 Å². The van der Waals surface area contributed by atoms with E-state index in [4.69, 9.17) is 0 Å². The van der Waals surface area contributed by atoms with Gasteiger partial charge in [0.25, 0.3) is 0 Å². The second kappa shape index (κ2) is 6.83. The maximum absolute atomic E-state index is 14.4. The van der Waals surface area contributed by atoms with Crippen LogP contribution in [0.15, 0.2) is 30.3 Å². The van der Waals surface area contributed by atoms with Gasteiger partial charge in [-0.05, 0) is 55.7 Å². The summed E-state index contributed by atoms with van der Waals surface area (Å²) >= 11 is 0. The molecule has 0 spiro atoms. The van der Waals surface area contributed by atoms with Crippen LogP contribution in [-0.2, 0) is 19.5 Å². The van der Waals surface area contributed by atoms with Crippen molar-refractivity contribution in [3.8, 4) is 0 Å². The summed E-state index contributed by atoms with van der Waals surface area (Å²) in [5.41, 5.74) is 6.27. The highest BCUT2D eigenvalue weighted by Gasteiger charge is 2.27. The first-order valence-electron chi connectivity index (χ1n) is 9.59. The average Bonchev–Trinajstić information content (AvgIpc) is 3.44. The average molecular weight is 386 g/mol. The molecule has 0 atom stereocenters. The molecule has 1 fully saturated rings. The molecule has 3 heterocycles. The van der Waals surface area contributed by atoms with Crippen molar-refractivity contribution in [2.75, 3.05) is 11.4 Å². The first-order valence-corrected chi connectivity index (χ1v) is 9.59. The first kappa shape index (κ1) is 18.3. The molecular weight excluding hydrogens is 361 g/mol. The number of aryl methyl sites for hydroxylation is 1. The SMILES string of the molecule is Cc1c(C)n(CC2CC2)c2c(N3CCc4ccccc4C3)nc(F)cc12.Cl. The second-order valence-electron chi connectivity index (χ2n) is 7.87. The third kappa shape index (κ3) is 3.10.